The molecule has 2 rings (SSSR count). The first-order valence-corrected chi connectivity index (χ1v) is 9.23. The van der Waals surface area contributed by atoms with Gasteiger partial charge in [0.15, 0.2) is 0 Å². The molecule has 1 aromatic rings. The predicted molar refractivity (Wildman–Crippen MR) is 85.6 cm³/mol. The molecular formula is C16H26N2O2S. The number of hydrogen-bond donors (Lipinski definition) is 2. The summed E-state index contributed by atoms with van der Waals surface area (Å²) < 4.78 is 27.5. The molecule has 0 amide bonds. The molecule has 1 fully saturated rings. The van der Waals surface area contributed by atoms with Crippen LogP contribution in [-0.4, -0.2) is 21.5 Å². The third-order valence-electron chi connectivity index (χ3n) is 4.21. The molecule has 1 aromatic carbocycles. The van der Waals surface area contributed by atoms with Gasteiger partial charge in [0.05, 0.1) is 4.90 Å². The molecule has 0 bridgehead atoms. The van der Waals surface area contributed by atoms with Crippen LogP contribution in [0, 0.1) is 5.41 Å². The summed E-state index contributed by atoms with van der Waals surface area (Å²) in [5.74, 6) is 0. The maximum Gasteiger partial charge on any atom is 0.240 e. The van der Waals surface area contributed by atoms with Gasteiger partial charge in [-0.15, -0.1) is 0 Å². The van der Waals surface area contributed by atoms with Gasteiger partial charge in [-0.2, -0.15) is 0 Å². The first kappa shape index (κ1) is 16.5. The lowest BCUT2D eigenvalue weighted by Crippen LogP contribution is -2.39. The largest absolute Gasteiger partial charge is 0.313 e. The first-order valence-electron chi connectivity index (χ1n) is 7.74. The van der Waals surface area contributed by atoms with E-state index >= 15 is 0 Å². The van der Waals surface area contributed by atoms with Crippen LogP contribution in [0.1, 0.15) is 45.1 Å². The summed E-state index contributed by atoms with van der Waals surface area (Å²) in [7, 11) is -3.40. The van der Waals surface area contributed by atoms with E-state index in [2.05, 4.69) is 23.9 Å². The number of sulfonamides is 1. The Morgan fingerprint density at radius 1 is 1.29 bits per heavy atom. The molecule has 2 N–H and O–H groups in total. The molecule has 1 aliphatic rings. The quantitative estimate of drug-likeness (QED) is 0.726. The van der Waals surface area contributed by atoms with Crippen LogP contribution in [0.3, 0.4) is 0 Å². The van der Waals surface area contributed by atoms with Crippen LogP contribution < -0.4 is 10.0 Å². The Kier molecular flexibility index (Phi) is 5.41. The normalized spacial score (nSPS) is 17.4. The zero-order valence-electron chi connectivity index (χ0n) is 13.0. The van der Waals surface area contributed by atoms with Gasteiger partial charge >= 0.3 is 0 Å². The van der Waals surface area contributed by atoms with Crippen molar-refractivity contribution in [3.05, 3.63) is 29.8 Å². The number of hydrogen-bond acceptors (Lipinski definition) is 3. The SMILES string of the molecule is CCCNCc1cccc(S(=O)(=O)NCC2(C)CCC2)c1. The Balaban J connectivity index is 1.99. The molecule has 0 saturated heterocycles. The average molecular weight is 310 g/mol. The van der Waals surface area contributed by atoms with Crippen molar-refractivity contribution in [2.75, 3.05) is 13.1 Å². The van der Waals surface area contributed by atoms with Gasteiger partial charge in [-0.25, -0.2) is 13.1 Å². The molecule has 5 heteroatoms. The van der Waals surface area contributed by atoms with E-state index in [1.165, 1.54) is 6.42 Å². The highest BCUT2D eigenvalue weighted by Gasteiger charge is 2.33. The summed E-state index contributed by atoms with van der Waals surface area (Å²) in [5.41, 5.74) is 1.15. The minimum absolute atomic E-state index is 0.146. The van der Waals surface area contributed by atoms with Crippen LogP contribution in [0.15, 0.2) is 29.2 Å². The maximum atomic E-state index is 12.4. The Morgan fingerprint density at radius 2 is 2.05 bits per heavy atom. The van der Waals surface area contributed by atoms with Crippen LogP contribution in [0.5, 0.6) is 0 Å². The topological polar surface area (TPSA) is 58.2 Å². The average Bonchev–Trinajstić information content (AvgIpc) is 2.44. The zero-order chi connectivity index (χ0) is 15.3. The van der Waals surface area contributed by atoms with Crippen molar-refractivity contribution in [3.8, 4) is 0 Å². The molecule has 0 radical (unpaired) electrons. The van der Waals surface area contributed by atoms with Gasteiger partial charge < -0.3 is 5.32 Å². The summed E-state index contributed by atoms with van der Waals surface area (Å²) in [4.78, 5) is 0.362. The van der Waals surface area contributed by atoms with Crippen LogP contribution >= 0.6 is 0 Å². The van der Waals surface area contributed by atoms with E-state index < -0.39 is 10.0 Å². The van der Waals surface area contributed by atoms with E-state index in [-0.39, 0.29) is 5.41 Å². The lowest BCUT2D eigenvalue weighted by Gasteiger charge is -2.38. The van der Waals surface area contributed by atoms with E-state index in [4.69, 9.17) is 0 Å². The fourth-order valence-corrected chi connectivity index (χ4v) is 3.81. The molecule has 0 unspecified atom stereocenters. The maximum absolute atomic E-state index is 12.4. The van der Waals surface area contributed by atoms with Crippen molar-refractivity contribution in [1.82, 2.24) is 10.0 Å². The molecule has 0 spiro atoms. The van der Waals surface area contributed by atoms with Crippen LogP contribution in [0.4, 0.5) is 0 Å². The van der Waals surface area contributed by atoms with Gasteiger partial charge in [0.2, 0.25) is 10.0 Å². The second kappa shape index (κ2) is 6.90. The number of rotatable bonds is 8. The number of nitrogens with one attached hydrogen (secondary N) is 2. The molecule has 4 nitrogen and oxygen atoms in total. The van der Waals surface area contributed by atoms with E-state index in [9.17, 15) is 8.42 Å². The van der Waals surface area contributed by atoms with E-state index in [0.29, 0.717) is 18.0 Å². The second-order valence-corrected chi connectivity index (χ2v) is 8.08. The monoisotopic (exact) mass is 310 g/mol. The van der Waals surface area contributed by atoms with E-state index in [1.54, 1.807) is 12.1 Å². The predicted octanol–water partition coefficient (Wildman–Crippen LogP) is 2.65. The van der Waals surface area contributed by atoms with Crippen LogP contribution in [0.2, 0.25) is 0 Å². The molecule has 0 heterocycles. The highest BCUT2D eigenvalue weighted by atomic mass is 32.2. The first-order chi connectivity index (χ1) is 9.95. The van der Waals surface area contributed by atoms with Gasteiger partial charge in [0.1, 0.15) is 0 Å². The summed E-state index contributed by atoms with van der Waals surface area (Å²) in [6.07, 6.45) is 4.49. The smallest absolute Gasteiger partial charge is 0.240 e. The number of benzene rings is 1. The van der Waals surface area contributed by atoms with Crippen molar-refractivity contribution in [2.45, 2.75) is 51.0 Å². The molecule has 1 saturated carbocycles. The van der Waals surface area contributed by atoms with Crippen molar-refractivity contribution < 1.29 is 8.42 Å². The zero-order valence-corrected chi connectivity index (χ0v) is 13.8. The summed E-state index contributed by atoms with van der Waals surface area (Å²) in [6, 6.07) is 7.18. The lowest BCUT2D eigenvalue weighted by atomic mass is 9.71. The van der Waals surface area contributed by atoms with Gasteiger partial charge in [-0.1, -0.05) is 32.4 Å². The van der Waals surface area contributed by atoms with Crippen molar-refractivity contribution in [1.29, 1.82) is 0 Å². The molecule has 1 aliphatic carbocycles. The van der Waals surface area contributed by atoms with Crippen LogP contribution in [0.25, 0.3) is 0 Å². The Hall–Kier alpha value is -0.910. The minimum atomic E-state index is -3.40. The van der Waals surface area contributed by atoms with Gasteiger partial charge in [-0.05, 0) is 48.9 Å². The Bertz CT molecular complexity index is 565. The fraction of sp³-hybridized carbons (Fsp3) is 0.625. The summed E-state index contributed by atoms with van der Waals surface area (Å²) in [5, 5.41) is 3.29. The van der Waals surface area contributed by atoms with Gasteiger partial charge in [0.25, 0.3) is 0 Å². The standard InChI is InChI=1S/C16H26N2O2S/c1-3-10-17-12-14-6-4-7-15(11-14)21(19,20)18-13-16(2)8-5-9-16/h4,6-7,11,17-18H,3,5,8-10,12-13H2,1-2H3. The Labute approximate surface area is 128 Å². The highest BCUT2D eigenvalue weighted by Crippen LogP contribution is 2.39. The molecule has 0 atom stereocenters. The molecule has 0 aromatic heterocycles. The molecule has 21 heavy (non-hydrogen) atoms. The molecular weight excluding hydrogens is 284 g/mol. The fourth-order valence-electron chi connectivity index (χ4n) is 2.54. The van der Waals surface area contributed by atoms with E-state index in [1.807, 2.05) is 12.1 Å². The molecule has 0 aliphatic heterocycles. The molecule has 118 valence electrons. The van der Waals surface area contributed by atoms with Gasteiger partial charge in [0, 0.05) is 13.1 Å². The highest BCUT2D eigenvalue weighted by molar-refractivity contribution is 7.89. The summed E-state index contributed by atoms with van der Waals surface area (Å²) >= 11 is 0. The van der Waals surface area contributed by atoms with Gasteiger partial charge in [-0.3, -0.25) is 0 Å². The van der Waals surface area contributed by atoms with Crippen molar-refractivity contribution in [3.63, 3.8) is 0 Å². The Morgan fingerprint density at radius 3 is 2.67 bits per heavy atom. The van der Waals surface area contributed by atoms with Crippen molar-refractivity contribution >= 4 is 10.0 Å². The van der Waals surface area contributed by atoms with E-state index in [0.717, 1.165) is 31.4 Å². The second-order valence-electron chi connectivity index (χ2n) is 6.31. The lowest BCUT2D eigenvalue weighted by molar-refractivity contribution is 0.166. The van der Waals surface area contributed by atoms with Crippen molar-refractivity contribution in [2.24, 2.45) is 5.41 Å². The minimum Gasteiger partial charge on any atom is -0.313 e. The van der Waals surface area contributed by atoms with Crippen LogP contribution in [-0.2, 0) is 16.6 Å². The third-order valence-corrected chi connectivity index (χ3v) is 5.61. The summed E-state index contributed by atoms with van der Waals surface area (Å²) in [6.45, 7) is 6.43. The third kappa shape index (κ3) is 4.53.